The van der Waals surface area contributed by atoms with Gasteiger partial charge < -0.3 is 15.4 Å². The largest absolute Gasteiger partial charge is 0.504 e. The van der Waals surface area contributed by atoms with E-state index in [4.69, 9.17) is 0 Å². The number of anilines is 1. The number of aliphatic imine (C=N–C) groups is 1. The lowest BCUT2D eigenvalue weighted by Gasteiger charge is -2.16. The average molecular weight is 305 g/mol. The van der Waals surface area contributed by atoms with Crippen LogP contribution in [0.15, 0.2) is 41.5 Å². The van der Waals surface area contributed by atoms with Gasteiger partial charge in [-0.15, -0.1) is 0 Å². The molecule has 3 N–H and O–H groups in total. The number of H-pyrrole nitrogens is 1. The van der Waals surface area contributed by atoms with Crippen LogP contribution in [-0.4, -0.2) is 22.8 Å². The minimum Gasteiger partial charge on any atom is -0.504 e. The Hall–Kier alpha value is -2.75. The first kappa shape index (κ1) is 13.9. The van der Waals surface area contributed by atoms with Crippen molar-refractivity contribution >= 4 is 28.5 Å². The molecule has 0 fully saturated rings. The third-order valence-corrected chi connectivity index (χ3v) is 4.38. The van der Waals surface area contributed by atoms with Gasteiger partial charge in [0.05, 0.1) is 5.52 Å². The zero-order chi connectivity index (χ0) is 15.8. The summed E-state index contributed by atoms with van der Waals surface area (Å²) < 4.78 is 0. The van der Waals surface area contributed by atoms with Crippen molar-refractivity contribution in [2.75, 3.05) is 11.9 Å². The number of hydrogen-bond donors (Lipinski definition) is 3. The van der Waals surface area contributed by atoms with Crippen LogP contribution in [0.25, 0.3) is 10.9 Å². The molecule has 1 aliphatic rings. The molecule has 4 heteroatoms. The maximum Gasteiger partial charge on any atom is 0.165 e. The van der Waals surface area contributed by atoms with Gasteiger partial charge in [0.2, 0.25) is 0 Å². The summed E-state index contributed by atoms with van der Waals surface area (Å²) in [7, 11) is 0. The molecule has 0 atom stereocenters. The fourth-order valence-electron chi connectivity index (χ4n) is 3.10. The summed E-state index contributed by atoms with van der Waals surface area (Å²) >= 11 is 0. The van der Waals surface area contributed by atoms with Gasteiger partial charge in [-0.25, -0.2) is 0 Å². The van der Waals surface area contributed by atoms with Crippen molar-refractivity contribution in [2.24, 2.45) is 4.99 Å². The van der Waals surface area contributed by atoms with Crippen molar-refractivity contribution in [3.63, 3.8) is 0 Å². The summed E-state index contributed by atoms with van der Waals surface area (Å²) in [6, 6.07) is 10.3. The number of rotatable bonds is 3. The molecular formula is C19H19N3O. The van der Waals surface area contributed by atoms with Crippen LogP contribution >= 0.6 is 0 Å². The molecule has 0 bridgehead atoms. The first-order chi connectivity index (χ1) is 11.2. The maximum absolute atomic E-state index is 10.5. The van der Waals surface area contributed by atoms with Gasteiger partial charge in [0, 0.05) is 36.5 Å². The normalized spacial score (nSPS) is 13.6. The monoisotopic (exact) mass is 305 g/mol. The first-order valence-electron chi connectivity index (χ1n) is 7.90. The van der Waals surface area contributed by atoms with E-state index < -0.39 is 0 Å². The summed E-state index contributed by atoms with van der Waals surface area (Å²) in [5.41, 5.74) is 6.12. The van der Waals surface area contributed by atoms with Crippen molar-refractivity contribution in [1.29, 1.82) is 0 Å². The van der Waals surface area contributed by atoms with E-state index in [0.717, 1.165) is 36.0 Å². The van der Waals surface area contributed by atoms with Gasteiger partial charge in [-0.3, -0.25) is 4.99 Å². The van der Waals surface area contributed by atoms with Crippen LogP contribution in [0.1, 0.15) is 16.7 Å². The lowest BCUT2D eigenvalue weighted by Crippen LogP contribution is -2.09. The molecule has 2 heterocycles. The molecule has 0 saturated carbocycles. The Balaban J connectivity index is 1.65. The predicted octanol–water partition coefficient (Wildman–Crippen LogP) is 4.09. The van der Waals surface area contributed by atoms with Gasteiger partial charge in [0.1, 0.15) is 5.69 Å². The highest BCUT2D eigenvalue weighted by Gasteiger charge is 2.18. The predicted molar refractivity (Wildman–Crippen MR) is 95.2 cm³/mol. The van der Waals surface area contributed by atoms with Gasteiger partial charge in [0.25, 0.3) is 0 Å². The molecule has 23 heavy (non-hydrogen) atoms. The van der Waals surface area contributed by atoms with Crippen LogP contribution in [0.4, 0.5) is 11.4 Å². The standard InChI is InChI=1S/C19H19N3O/c1-12-2-4-13(5-3-12)6-8-21-16-10-15-17-14(7-9-20-15)11-22-18(17)19(16)23/h2-5,8,10-11,20,22-23H,6-7,9H2,1H3. The number of aromatic hydroxyl groups is 1. The zero-order valence-corrected chi connectivity index (χ0v) is 13.1. The van der Waals surface area contributed by atoms with Crippen molar-refractivity contribution in [1.82, 2.24) is 4.98 Å². The number of aromatic nitrogens is 1. The summed E-state index contributed by atoms with van der Waals surface area (Å²) in [6.45, 7) is 2.99. The van der Waals surface area contributed by atoms with Crippen LogP contribution in [0, 0.1) is 6.92 Å². The SMILES string of the molecule is Cc1ccc(CC=Nc2cc3c4c(c[nH]c4c2O)CCN3)cc1. The smallest absolute Gasteiger partial charge is 0.165 e. The summed E-state index contributed by atoms with van der Waals surface area (Å²) in [5, 5.41) is 14.9. The number of benzene rings is 2. The Morgan fingerprint density at radius 1 is 1.26 bits per heavy atom. The number of aromatic amines is 1. The van der Waals surface area contributed by atoms with E-state index in [1.165, 1.54) is 16.7 Å². The number of nitrogens with one attached hydrogen (secondary N) is 2. The van der Waals surface area contributed by atoms with Gasteiger partial charge in [-0.2, -0.15) is 0 Å². The molecule has 4 nitrogen and oxygen atoms in total. The molecule has 1 aliphatic heterocycles. The topological polar surface area (TPSA) is 60.4 Å². The van der Waals surface area contributed by atoms with E-state index in [1.807, 2.05) is 18.5 Å². The number of phenols is 1. The quantitative estimate of drug-likeness (QED) is 0.504. The van der Waals surface area contributed by atoms with Crippen LogP contribution in [-0.2, 0) is 12.8 Å². The van der Waals surface area contributed by atoms with Gasteiger partial charge in [0.15, 0.2) is 5.75 Å². The van der Waals surface area contributed by atoms with E-state index >= 15 is 0 Å². The molecule has 116 valence electrons. The number of hydrogen-bond acceptors (Lipinski definition) is 3. The molecule has 0 amide bonds. The molecule has 0 spiro atoms. The molecular weight excluding hydrogens is 286 g/mol. The van der Waals surface area contributed by atoms with Gasteiger partial charge in [-0.1, -0.05) is 29.8 Å². The van der Waals surface area contributed by atoms with Crippen molar-refractivity contribution in [2.45, 2.75) is 19.8 Å². The van der Waals surface area contributed by atoms with Gasteiger partial charge in [-0.05, 0) is 30.5 Å². The molecule has 1 aromatic heterocycles. The highest BCUT2D eigenvalue weighted by Crippen LogP contribution is 2.42. The third-order valence-electron chi connectivity index (χ3n) is 4.38. The minimum absolute atomic E-state index is 0.221. The number of aryl methyl sites for hydroxylation is 1. The Kier molecular flexibility index (Phi) is 3.30. The van der Waals surface area contributed by atoms with Crippen LogP contribution in [0.3, 0.4) is 0 Å². The molecule has 0 saturated heterocycles. The molecule has 2 aromatic carbocycles. The highest BCUT2D eigenvalue weighted by atomic mass is 16.3. The lowest BCUT2D eigenvalue weighted by atomic mass is 10.0. The van der Waals surface area contributed by atoms with E-state index in [9.17, 15) is 5.11 Å². The molecule has 4 rings (SSSR count). The van der Waals surface area contributed by atoms with Crippen LogP contribution in [0.5, 0.6) is 5.75 Å². The first-order valence-corrected chi connectivity index (χ1v) is 7.90. The molecule has 0 unspecified atom stereocenters. The Morgan fingerprint density at radius 2 is 2.09 bits per heavy atom. The number of phenolic OH excluding ortho intramolecular Hbond substituents is 1. The van der Waals surface area contributed by atoms with Crippen LogP contribution < -0.4 is 5.32 Å². The molecule has 0 aliphatic carbocycles. The molecule has 3 aromatic rings. The maximum atomic E-state index is 10.5. The summed E-state index contributed by atoms with van der Waals surface area (Å²) in [5.74, 6) is 0.221. The second kappa shape index (κ2) is 5.47. The van der Waals surface area contributed by atoms with Gasteiger partial charge >= 0.3 is 0 Å². The minimum atomic E-state index is 0.221. The Labute approximate surface area is 134 Å². The summed E-state index contributed by atoms with van der Waals surface area (Å²) in [6.07, 6.45) is 5.55. The van der Waals surface area contributed by atoms with Crippen molar-refractivity contribution in [3.05, 3.63) is 53.2 Å². The van der Waals surface area contributed by atoms with E-state index in [0.29, 0.717) is 5.69 Å². The van der Waals surface area contributed by atoms with Crippen LogP contribution in [0.2, 0.25) is 0 Å². The van der Waals surface area contributed by atoms with Crippen molar-refractivity contribution < 1.29 is 5.11 Å². The van der Waals surface area contributed by atoms with E-state index in [-0.39, 0.29) is 5.75 Å². The highest BCUT2D eigenvalue weighted by molar-refractivity contribution is 6.03. The van der Waals surface area contributed by atoms with Crippen molar-refractivity contribution in [3.8, 4) is 5.75 Å². The molecule has 0 radical (unpaired) electrons. The second-order valence-corrected chi connectivity index (χ2v) is 6.03. The number of nitrogens with zero attached hydrogens (tertiary/aromatic N) is 1. The second-order valence-electron chi connectivity index (χ2n) is 6.03. The Bertz CT molecular complexity index is 891. The third kappa shape index (κ3) is 2.46. The zero-order valence-electron chi connectivity index (χ0n) is 13.1. The summed E-state index contributed by atoms with van der Waals surface area (Å²) in [4.78, 5) is 7.66. The Morgan fingerprint density at radius 3 is 2.91 bits per heavy atom. The lowest BCUT2D eigenvalue weighted by molar-refractivity contribution is 0.482. The average Bonchev–Trinajstić information content (AvgIpc) is 3.00. The fourth-order valence-corrected chi connectivity index (χ4v) is 3.10. The van der Waals surface area contributed by atoms with E-state index in [1.54, 1.807) is 0 Å². The fraction of sp³-hybridized carbons (Fsp3) is 0.211. The van der Waals surface area contributed by atoms with E-state index in [2.05, 4.69) is 46.5 Å².